The average molecular weight is 452 g/mol. The molecule has 3 aromatic rings. The molecule has 166 valence electrons. The van der Waals surface area contributed by atoms with Crippen molar-refractivity contribution in [2.45, 2.75) is 37.0 Å². The Hall–Kier alpha value is -3.26. The number of aryl methyl sites for hydroxylation is 1. The zero-order valence-electron chi connectivity index (χ0n) is 17.9. The van der Waals surface area contributed by atoms with Crippen molar-refractivity contribution in [3.8, 4) is 17.0 Å². The second-order valence-electron chi connectivity index (χ2n) is 8.14. The van der Waals surface area contributed by atoms with Crippen LogP contribution in [0.4, 0.5) is 17.3 Å². The van der Waals surface area contributed by atoms with Gasteiger partial charge in [-0.25, -0.2) is 4.98 Å². The molecule has 3 aromatic heterocycles. The van der Waals surface area contributed by atoms with E-state index in [2.05, 4.69) is 26.6 Å². The van der Waals surface area contributed by atoms with Crippen LogP contribution in [0.15, 0.2) is 24.4 Å². The Kier molecular flexibility index (Phi) is 5.17. The number of carbonyl (C=O) groups is 1. The summed E-state index contributed by atoms with van der Waals surface area (Å²) in [6, 6.07) is 5.56. The Morgan fingerprint density at radius 1 is 1.22 bits per heavy atom. The quantitative estimate of drug-likeness (QED) is 0.441. The molecule has 5 N–H and O–H groups in total. The van der Waals surface area contributed by atoms with E-state index in [0.717, 1.165) is 22.6 Å². The van der Waals surface area contributed by atoms with Gasteiger partial charge in [0.1, 0.15) is 5.82 Å². The van der Waals surface area contributed by atoms with Gasteiger partial charge in [0.05, 0.1) is 23.9 Å². The maximum Gasteiger partial charge on any atom is 0.271 e. The first kappa shape index (κ1) is 20.6. The summed E-state index contributed by atoms with van der Waals surface area (Å²) < 4.78 is 7.74. The van der Waals surface area contributed by atoms with Gasteiger partial charge in [0.15, 0.2) is 17.3 Å². The Morgan fingerprint density at radius 3 is 2.56 bits per heavy atom. The number of nitrogens with one attached hydrogen (secondary N) is 1. The molecular formula is C21H25N8O2P. The van der Waals surface area contributed by atoms with Gasteiger partial charge in [-0.3, -0.25) is 9.48 Å². The van der Waals surface area contributed by atoms with Crippen molar-refractivity contribution in [2.24, 2.45) is 12.8 Å². The molecule has 5 rings (SSSR count). The highest BCUT2D eigenvalue weighted by molar-refractivity contribution is 7.67. The summed E-state index contributed by atoms with van der Waals surface area (Å²) in [5, 5.41) is 15.4. The third kappa shape index (κ3) is 3.86. The predicted molar refractivity (Wildman–Crippen MR) is 124 cm³/mol. The van der Waals surface area contributed by atoms with Crippen molar-refractivity contribution in [3.63, 3.8) is 0 Å². The molecule has 1 amide bonds. The van der Waals surface area contributed by atoms with E-state index in [-0.39, 0.29) is 19.4 Å². The zero-order chi connectivity index (χ0) is 22.4. The maximum atomic E-state index is 11.8. The van der Waals surface area contributed by atoms with E-state index in [4.69, 9.17) is 21.3 Å². The van der Waals surface area contributed by atoms with Gasteiger partial charge in [0.2, 0.25) is 0 Å². The summed E-state index contributed by atoms with van der Waals surface area (Å²) in [5.74, 6) is 0.331. The van der Waals surface area contributed by atoms with Crippen LogP contribution in [0.2, 0.25) is 0 Å². The topological polar surface area (TPSA) is 147 Å². The number of carbonyl (C=O) groups excluding carboxylic acids is 1. The molecule has 0 radical (unpaired) electrons. The normalized spacial score (nSPS) is 15.7. The number of primary amides is 1. The van der Waals surface area contributed by atoms with Gasteiger partial charge in [0, 0.05) is 24.9 Å². The number of anilines is 3. The first-order valence-electron chi connectivity index (χ1n) is 10.5. The van der Waals surface area contributed by atoms with Crippen molar-refractivity contribution < 1.29 is 9.53 Å². The van der Waals surface area contributed by atoms with Crippen LogP contribution in [0.1, 0.15) is 36.2 Å². The molecule has 0 bridgehead atoms. The van der Waals surface area contributed by atoms with Gasteiger partial charge < -0.3 is 21.5 Å². The monoisotopic (exact) mass is 452 g/mol. The van der Waals surface area contributed by atoms with Crippen LogP contribution in [-0.2, 0) is 7.05 Å². The fourth-order valence-corrected chi connectivity index (χ4v) is 7.37. The number of methoxy groups -OCH3 is 1. The number of amides is 1. The first-order valence-corrected chi connectivity index (χ1v) is 12.0. The van der Waals surface area contributed by atoms with E-state index in [1.807, 2.05) is 17.8 Å². The lowest BCUT2D eigenvalue weighted by atomic mass is 10.1. The van der Waals surface area contributed by atoms with E-state index in [0.29, 0.717) is 17.3 Å². The summed E-state index contributed by atoms with van der Waals surface area (Å²) in [4.78, 5) is 16.2. The van der Waals surface area contributed by atoms with E-state index in [1.54, 1.807) is 13.3 Å². The Bertz CT molecular complexity index is 1180. The largest absolute Gasteiger partial charge is 0.492 e. The van der Waals surface area contributed by atoms with Crippen molar-refractivity contribution in [3.05, 3.63) is 30.1 Å². The second-order valence-corrected chi connectivity index (χ2v) is 10.9. The predicted octanol–water partition coefficient (Wildman–Crippen LogP) is 2.14. The number of hydrogen-bond donors (Lipinski definition) is 3. The minimum absolute atomic E-state index is 0.0342. The van der Waals surface area contributed by atoms with Crippen LogP contribution < -0.4 is 27.0 Å². The van der Waals surface area contributed by atoms with Crippen LogP contribution in [-0.4, -0.2) is 49.3 Å². The van der Waals surface area contributed by atoms with E-state index in [1.165, 1.54) is 37.2 Å². The molecule has 2 saturated carbocycles. The van der Waals surface area contributed by atoms with Crippen molar-refractivity contribution >= 4 is 36.6 Å². The lowest BCUT2D eigenvalue weighted by molar-refractivity contribution is 0.0995. The molecule has 2 aliphatic rings. The van der Waals surface area contributed by atoms with Gasteiger partial charge in [-0.15, -0.1) is 10.2 Å². The minimum Gasteiger partial charge on any atom is -0.492 e. The van der Waals surface area contributed by atoms with Crippen LogP contribution >= 0.6 is 7.92 Å². The maximum absolute atomic E-state index is 11.8. The number of rotatable bonds is 8. The molecule has 2 fully saturated rings. The Labute approximate surface area is 186 Å². The van der Waals surface area contributed by atoms with E-state index < -0.39 is 5.91 Å². The number of nitrogens with zero attached hydrogens (tertiary/aromatic N) is 5. The van der Waals surface area contributed by atoms with Gasteiger partial charge in [-0.2, -0.15) is 5.10 Å². The molecule has 10 nitrogen and oxygen atoms in total. The van der Waals surface area contributed by atoms with Gasteiger partial charge in [-0.05, 0) is 57.1 Å². The van der Waals surface area contributed by atoms with Crippen LogP contribution in [0.3, 0.4) is 0 Å². The van der Waals surface area contributed by atoms with Crippen LogP contribution in [0.5, 0.6) is 5.75 Å². The Balaban J connectivity index is 1.52. The molecule has 0 saturated heterocycles. The molecule has 0 aromatic carbocycles. The smallest absolute Gasteiger partial charge is 0.271 e. The molecule has 32 heavy (non-hydrogen) atoms. The summed E-state index contributed by atoms with van der Waals surface area (Å²) in [7, 11) is 3.43. The number of nitrogens with two attached hydrogens (primary N) is 2. The number of ether oxygens (including phenoxy) is 1. The van der Waals surface area contributed by atoms with Crippen LogP contribution in [0.25, 0.3) is 11.3 Å². The first-order chi connectivity index (χ1) is 15.5. The van der Waals surface area contributed by atoms with Crippen molar-refractivity contribution in [2.75, 3.05) is 18.2 Å². The molecule has 0 unspecified atom stereocenters. The lowest BCUT2D eigenvalue weighted by Crippen LogP contribution is -2.17. The highest BCUT2D eigenvalue weighted by Crippen LogP contribution is 2.63. The fraction of sp³-hybridized carbons (Fsp3) is 0.381. The third-order valence-corrected chi connectivity index (χ3v) is 9.24. The molecule has 2 aliphatic carbocycles. The molecule has 3 heterocycles. The highest BCUT2D eigenvalue weighted by Gasteiger charge is 2.43. The lowest BCUT2D eigenvalue weighted by Gasteiger charge is -2.16. The van der Waals surface area contributed by atoms with Gasteiger partial charge in [0.25, 0.3) is 5.91 Å². The molecule has 0 spiro atoms. The van der Waals surface area contributed by atoms with E-state index >= 15 is 0 Å². The van der Waals surface area contributed by atoms with Gasteiger partial charge >= 0.3 is 0 Å². The summed E-state index contributed by atoms with van der Waals surface area (Å²) in [6.07, 6.45) is 7.00. The SMILES string of the molecule is COc1c(-c2cc(P(C3CC3)C3CC3)n(C)n2)ccnc1Nc1cc(N)nnc1C(N)=O. The summed E-state index contributed by atoms with van der Waals surface area (Å²) in [6.45, 7) is 0. The fourth-order valence-electron chi connectivity index (χ4n) is 3.97. The second kappa shape index (κ2) is 8.02. The summed E-state index contributed by atoms with van der Waals surface area (Å²) in [5.41, 5.74) is 16.1. The number of hydrogen-bond acceptors (Lipinski definition) is 8. The third-order valence-electron chi connectivity index (χ3n) is 5.68. The number of pyridine rings is 1. The number of nitrogen functional groups attached to an aromatic ring is 1. The van der Waals surface area contributed by atoms with Crippen molar-refractivity contribution in [1.82, 2.24) is 25.0 Å². The van der Waals surface area contributed by atoms with Crippen molar-refractivity contribution in [1.29, 1.82) is 0 Å². The Morgan fingerprint density at radius 2 is 1.94 bits per heavy atom. The van der Waals surface area contributed by atoms with E-state index in [9.17, 15) is 4.79 Å². The highest BCUT2D eigenvalue weighted by atomic mass is 31.1. The van der Waals surface area contributed by atoms with Gasteiger partial charge in [-0.1, -0.05) is 0 Å². The number of aromatic nitrogens is 5. The summed E-state index contributed by atoms with van der Waals surface area (Å²) >= 11 is 0. The average Bonchev–Trinajstić information content (AvgIpc) is 3.68. The zero-order valence-corrected chi connectivity index (χ0v) is 18.8. The standard InChI is InChI=1S/C21H25N8O2P/c1-29-17(32(11-3-4-11)12-5-6-12)10-14(28-29)13-7-8-24-21(19(13)31-2)25-15-9-16(22)26-27-18(15)20(23)30/h7-12H,3-6H2,1-2H3,(H2,23,30)(H3,22,24,25,26). The molecular weight excluding hydrogens is 427 g/mol. The minimum atomic E-state index is -0.724. The van der Waals surface area contributed by atoms with Crippen LogP contribution in [0, 0.1) is 0 Å². The molecule has 0 aliphatic heterocycles. The molecule has 0 atom stereocenters. The molecule has 11 heteroatoms.